The molecule has 2 heterocycles. The lowest BCUT2D eigenvalue weighted by atomic mass is 9.95. The summed E-state index contributed by atoms with van der Waals surface area (Å²) in [6.07, 6.45) is 11.7. The minimum absolute atomic E-state index is 0.0195. The van der Waals surface area contributed by atoms with Gasteiger partial charge in [-0.1, -0.05) is 19.3 Å². The number of amides is 1. The van der Waals surface area contributed by atoms with Crippen LogP contribution in [-0.2, 0) is 11.8 Å². The lowest BCUT2D eigenvalue weighted by Gasteiger charge is -2.26. The van der Waals surface area contributed by atoms with Crippen molar-refractivity contribution in [2.75, 3.05) is 20.6 Å². The number of likely N-dealkylation sites (N-methyl/N-ethyl adjacent to an activating group) is 1. The number of rotatable bonds is 7. The molecule has 0 saturated heterocycles. The van der Waals surface area contributed by atoms with Gasteiger partial charge in [0.2, 0.25) is 0 Å². The zero-order valence-electron chi connectivity index (χ0n) is 19.4. The summed E-state index contributed by atoms with van der Waals surface area (Å²) in [6.45, 7) is 4.60. The third-order valence-electron chi connectivity index (χ3n) is 6.32. The Labute approximate surface area is 185 Å². The van der Waals surface area contributed by atoms with E-state index >= 15 is 0 Å². The fourth-order valence-electron chi connectivity index (χ4n) is 4.65. The van der Waals surface area contributed by atoms with E-state index in [0.29, 0.717) is 12.6 Å². The number of hydrogen-bond acceptors (Lipinski definition) is 4. The van der Waals surface area contributed by atoms with Gasteiger partial charge in [-0.05, 0) is 58.5 Å². The summed E-state index contributed by atoms with van der Waals surface area (Å²) >= 11 is 0. The van der Waals surface area contributed by atoms with Gasteiger partial charge in [-0.3, -0.25) is 9.48 Å². The van der Waals surface area contributed by atoms with Crippen molar-refractivity contribution in [1.29, 1.82) is 5.26 Å². The van der Waals surface area contributed by atoms with Crippen LogP contribution in [0.15, 0.2) is 24.0 Å². The quantitative estimate of drug-likeness (QED) is 0.545. The number of aryl methyl sites for hydroxylation is 2. The third kappa shape index (κ3) is 5.26. The van der Waals surface area contributed by atoms with E-state index in [2.05, 4.69) is 41.0 Å². The summed E-state index contributed by atoms with van der Waals surface area (Å²) in [5.74, 6) is -0.347. The van der Waals surface area contributed by atoms with Crippen molar-refractivity contribution in [2.45, 2.75) is 58.0 Å². The van der Waals surface area contributed by atoms with E-state index in [1.165, 1.54) is 37.8 Å². The van der Waals surface area contributed by atoms with Crippen LogP contribution < -0.4 is 5.32 Å². The lowest BCUT2D eigenvalue weighted by Crippen LogP contribution is -2.35. The van der Waals surface area contributed by atoms with Crippen molar-refractivity contribution < 1.29 is 4.79 Å². The van der Waals surface area contributed by atoms with E-state index in [4.69, 9.17) is 0 Å². The minimum atomic E-state index is -0.347. The number of aromatic nitrogens is 3. The second kappa shape index (κ2) is 9.97. The van der Waals surface area contributed by atoms with Gasteiger partial charge in [0.15, 0.2) is 0 Å². The molecule has 0 spiro atoms. The molecule has 31 heavy (non-hydrogen) atoms. The van der Waals surface area contributed by atoms with E-state index in [1.807, 2.05) is 32.2 Å². The second-order valence-electron chi connectivity index (χ2n) is 8.79. The maximum atomic E-state index is 12.8. The molecule has 1 amide bonds. The Kier molecular flexibility index (Phi) is 7.34. The Morgan fingerprint density at radius 1 is 1.35 bits per heavy atom. The van der Waals surface area contributed by atoms with E-state index in [0.717, 1.165) is 16.8 Å². The monoisotopic (exact) mass is 422 g/mol. The molecule has 1 saturated carbocycles. The summed E-state index contributed by atoms with van der Waals surface area (Å²) in [6, 6.07) is 4.69. The topological polar surface area (TPSA) is 78.9 Å². The first kappa shape index (κ1) is 22.8. The zero-order valence-corrected chi connectivity index (χ0v) is 19.4. The Bertz CT molecular complexity index is 984. The van der Waals surface area contributed by atoms with Gasteiger partial charge in [0, 0.05) is 42.8 Å². The molecular formula is C24H34N6O. The van der Waals surface area contributed by atoms with E-state index in [1.54, 1.807) is 17.0 Å². The first-order valence-corrected chi connectivity index (χ1v) is 11.0. The zero-order chi connectivity index (χ0) is 22.5. The molecule has 1 N–H and O–H groups in total. The predicted molar refractivity (Wildman–Crippen MR) is 122 cm³/mol. The molecule has 1 fully saturated rings. The summed E-state index contributed by atoms with van der Waals surface area (Å²) in [4.78, 5) is 14.8. The van der Waals surface area contributed by atoms with Crippen LogP contribution in [-0.4, -0.2) is 45.8 Å². The smallest absolute Gasteiger partial charge is 0.262 e. The van der Waals surface area contributed by atoms with Crippen LogP contribution >= 0.6 is 0 Å². The molecule has 1 aliphatic carbocycles. The van der Waals surface area contributed by atoms with Crippen molar-refractivity contribution in [3.05, 3.63) is 46.5 Å². The van der Waals surface area contributed by atoms with Crippen LogP contribution in [0, 0.1) is 25.2 Å². The van der Waals surface area contributed by atoms with E-state index in [9.17, 15) is 10.1 Å². The largest absolute Gasteiger partial charge is 0.349 e. The fraction of sp³-hybridized carbons (Fsp3) is 0.542. The molecule has 7 nitrogen and oxygen atoms in total. The maximum absolute atomic E-state index is 12.8. The average Bonchev–Trinajstić information content (AvgIpc) is 3.28. The van der Waals surface area contributed by atoms with E-state index < -0.39 is 0 Å². The Morgan fingerprint density at radius 3 is 2.65 bits per heavy atom. The Morgan fingerprint density at radius 2 is 2.06 bits per heavy atom. The van der Waals surface area contributed by atoms with Crippen LogP contribution in [0.5, 0.6) is 0 Å². The molecule has 3 rings (SSSR count). The molecule has 0 bridgehead atoms. The minimum Gasteiger partial charge on any atom is -0.349 e. The fourth-order valence-corrected chi connectivity index (χ4v) is 4.65. The van der Waals surface area contributed by atoms with Gasteiger partial charge in [-0.2, -0.15) is 10.4 Å². The molecular weight excluding hydrogens is 388 g/mol. The van der Waals surface area contributed by atoms with Gasteiger partial charge in [0.25, 0.3) is 5.91 Å². The predicted octanol–water partition coefficient (Wildman–Crippen LogP) is 3.67. The first-order chi connectivity index (χ1) is 14.8. The molecule has 7 heteroatoms. The van der Waals surface area contributed by atoms with Crippen LogP contribution in [0.1, 0.15) is 66.7 Å². The van der Waals surface area contributed by atoms with Gasteiger partial charge in [0.05, 0.1) is 12.2 Å². The summed E-state index contributed by atoms with van der Waals surface area (Å²) in [5, 5.41) is 16.8. The Balaban J connectivity index is 1.75. The molecule has 1 unspecified atom stereocenters. The highest BCUT2D eigenvalue weighted by atomic mass is 16.1. The van der Waals surface area contributed by atoms with Crippen molar-refractivity contribution in [3.8, 4) is 6.07 Å². The van der Waals surface area contributed by atoms with Gasteiger partial charge < -0.3 is 14.8 Å². The average molecular weight is 423 g/mol. The normalized spacial score (nSPS) is 16.4. The molecule has 0 aliphatic heterocycles. The van der Waals surface area contributed by atoms with Crippen molar-refractivity contribution in [3.63, 3.8) is 0 Å². The number of carbonyl (C=O) groups is 1. The number of nitriles is 1. The van der Waals surface area contributed by atoms with Crippen LogP contribution in [0.2, 0.25) is 0 Å². The molecule has 1 atom stereocenters. The molecule has 2 aromatic rings. The van der Waals surface area contributed by atoms with Crippen molar-refractivity contribution in [2.24, 2.45) is 7.05 Å². The van der Waals surface area contributed by atoms with Crippen LogP contribution in [0.4, 0.5) is 0 Å². The highest BCUT2D eigenvalue weighted by Gasteiger charge is 2.21. The van der Waals surface area contributed by atoms with Gasteiger partial charge >= 0.3 is 0 Å². The lowest BCUT2D eigenvalue weighted by molar-refractivity contribution is -0.117. The van der Waals surface area contributed by atoms with E-state index in [-0.39, 0.29) is 17.5 Å². The summed E-state index contributed by atoms with van der Waals surface area (Å²) < 4.78 is 4.14. The molecule has 2 aromatic heterocycles. The standard InChI is InChI=1S/C24H34N6O/c1-17-11-19(18(2)30(17)22-9-7-6-8-10-22)12-20(13-25)24(31)26-15-23(28(3)4)21-14-27-29(5)16-21/h11-12,14,16,22-23H,6-10,15H2,1-5H3,(H,26,31)/b20-12+. The number of carbonyl (C=O) groups excluding carboxylic acids is 1. The highest BCUT2D eigenvalue weighted by Crippen LogP contribution is 2.32. The van der Waals surface area contributed by atoms with Gasteiger partial charge in [-0.15, -0.1) is 0 Å². The first-order valence-electron chi connectivity index (χ1n) is 11.0. The van der Waals surface area contributed by atoms with Crippen molar-refractivity contribution in [1.82, 2.24) is 24.6 Å². The second-order valence-corrected chi connectivity index (χ2v) is 8.79. The molecule has 1 aliphatic rings. The number of hydrogen-bond donors (Lipinski definition) is 1. The Hall–Kier alpha value is -2.85. The SMILES string of the molecule is Cc1cc(/C=C(\C#N)C(=O)NCC(c2cnn(C)c2)N(C)C)c(C)n1C1CCCCC1. The molecule has 0 aromatic carbocycles. The van der Waals surface area contributed by atoms with Crippen LogP contribution in [0.25, 0.3) is 6.08 Å². The summed E-state index contributed by atoms with van der Waals surface area (Å²) in [5.41, 5.74) is 4.43. The molecule has 0 radical (unpaired) electrons. The third-order valence-corrected chi connectivity index (χ3v) is 6.32. The highest BCUT2D eigenvalue weighted by molar-refractivity contribution is 6.01. The van der Waals surface area contributed by atoms with Crippen molar-refractivity contribution >= 4 is 12.0 Å². The van der Waals surface area contributed by atoms with Gasteiger partial charge in [-0.25, -0.2) is 0 Å². The number of nitrogens with one attached hydrogen (secondary N) is 1. The molecule has 166 valence electrons. The summed E-state index contributed by atoms with van der Waals surface area (Å²) in [7, 11) is 5.80. The maximum Gasteiger partial charge on any atom is 0.262 e. The van der Waals surface area contributed by atoms with Gasteiger partial charge in [0.1, 0.15) is 11.6 Å². The number of nitrogens with zero attached hydrogens (tertiary/aromatic N) is 5. The van der Waals surface area contributed by atoms with Crippen LogP contribution in [0.3, 0.4) is 0 Å².